The number of morpholine rings is 1. The molecule has 1 saturated heterocycles. The van der Waals surface area contributed by atoms with E-state index in [2.05, 4.69) is 4.90 Å². The van der Waals surface area contributed by atoms with Gasteiger partial charge >= 0.3 is 0 Å². The zero-order valence-electron chi connectivity index (χ0n) is 17.9. The number of ether oxygens (including phenoxy) is 2. The van der Waals surface area contributed by atoms with Crippen molar-refractivity contribution in [2.24, 2.45) is 0 Å². The normalized spacial score (nSPS) is 16.9. The Balaban J connectivity index is 1.51. The molecule has 0 radical (unpaired) electrons. The van der Waals surface area contributed by atoms with Crippen molar-refractivity contribution in [1.82, 2.24) is 14.3 Å². The number of anilines is 1. The summed E-state index contributed by atoms with van der Waals surface area (Å²) in [5, 5.41) is 0.487. The number of aromatic nitrogens is 2. The van der Waals surface area contributed by atoms with Gasteiger partial charge in [-0.15, -0.1) is 0 Å². The van der Waals surface area contributed by atoms with Crippen molar-refractivity contribution in [3.05, 3.63) is 70.9 Å². The highest BCUT2D eigenvalue weighted by Crippen LogP contribution is 2.33. The van der Waals surface area contributed by atoms with Gasteiger partial charge in [-0.2, -0.15) is 9.29 Å². The second kappa shape index (κ2) is 9.26. The number of hydrogen-bond acceptors (Lipinski definition) is 7. The number of hydrogen-bond donors (Lipinski definition) is 0. The Bertz CT molecular complexity index is 1230. The molecular formula is C23H23ClN4O4S. The zero-order chi connectivity index (χ0) is 22.8. The van der Waals surface area contributed by atoms with Gasteiger partial charge in [0, 0.05) is 37.6 Å². The van der Waals surface area contributed by atoms with Crippen molar-refractivity contribution in [2.75, 3.05) is 37.7 Å². The van der Waals surface area contributed by atoms with E-state index in [1.807, 2.05) is 30.3 Å². The monoisotopic (exact) mass is 486 g/mol. The van der Waals surface area contributed by atoms with Crippen molar-refractivity contribution in [3.63, 3.8) is 0 Å². The standard InChI is InChI=1S/C23H23ClN4O4S/c24-17-6-8-19(9-7-17)33(29,30)28-11-10-21-20(16-28)22(32-18-4-2-1-3-5-18)26-23(25-21)27-12-14-31-15-13-27/h1-9H,10-16H2. The fraction of sp³-hybridized carbons (Fsp3) is 0.304. The molecule has 0 saturated carbocycles. The highest BCUT2D eigenvalue weighted by molar-refractivity contribution is 7.89. The number of rotatable bonds is 5. The van der Waals surface area contributed by atoms with Gasteiger partial charge in [0.05, 0.1) is 29.4 Å². The van der Waals surface area contributed by atoms with Gasteiger partial charge in [-0.1, -0.05) is 29.8 Å². The Morgan fingerprint density at radius 2 is 1.67 bits per heavy atom. The molecule has 2 aromatic carbocycles. The van der Waals surface area contributed by atoms with E-state index in [4.69, 9.17) is 31.0 Å². The first-order chi connectivity index (χ1) is 16.0. The number of nitrogens with zero attached hydrogens (tertiary/aromatic N) is 4. The average molecular weight is 487 g/mol. The summed E-state index contributed by atoms with van der Waals surface area (Å²) in [5.74, 6) is 1.59. The molecule has 1 fully saturated rings. The molecule has 0 atom stereocenters. The summed E-state index contributed by atoms with van der Waals surface area (Å²) in [6, 6.07) is 15.5. The van der Waals surface area contributed by atoms with E-state index in [9.17, 15) is 8.42 Å². The van der Waals surface area contributed by atoms with Gasteiger partial charge in [0.15, 0.2) is 0 Å². The predicted molar refractivity (Wildman–Crippen MR) is 124 cm³/mol. The Hall–Kier alpha value is -2.72. The minimum absolute atomic E-state index is 0.131. The molecule has 0 bridgehead atoms. The van der Waals surface area contributed by atoms with Crippen molar-refractivity contribution >= 4 is 27.6 Å². The van der Waals surface area contributed by atoms with Crippen LogP contribution >= 0.6 is 11.6 Å². The van der Waals surface area contributed by atoms with Crippen LogP contribution in [0.3, 0.4) is 0 Å². The van der Waals surface area contributed by atoms with E-state index in [1.54, 1.807) is 12.1 Å². The molecule has 2 aliphatic rings. The van der Waals surface area contributed by atoms with Crippen molar-refractivity contribution in [3.8, 4) is 11.6 Å². The van der Waals surface area contributed by atoms with E-state index in [0.717, 1.165) is 5.69 Å². The van der Waals surface area contributed by atoms with Crippen LogP contribution in [0, 0.1) is 0 Å². The van der Waals surface area contributed by atoms with E-state index in [1.165, 1.54) is 16.4 Å². The van der Waals surface area contributed by atoms with Crippen LogP contribution in [0.4, 0.5) is 5.95 Å². The number of halogens is 1. The van der Waals surface area contributed by atoms with Gasteiger partial charge < -0.3 is 14.4 Å². The Labute approximate surface area is 197 Å². The van der Waals surface area contributed by atoms with E-state index in [0.29, 0.717) is 67.4 Å². The van der Waals surface area contributed by atoms with Gasteiger partial charge in [0.1, 0.15) is 5.75 Å². The highest BCUT2D eigenvalue weighted by atomic mass is 35.5. The molecule has 0 spiro atoms. The van der Waals surface area contributed by atoms with Crippen LogP contribution in [0.25, 0.3) is 0 Å². The number of sulfonamides is 1. The molecule has 3 aromatic rings. The number of para-hydroxylation sites is 1. The second-order valence-electron chi connectivity index (χ2n) is 7.81. The van der Waals surface area contributed by atoms with Crippen LogP contribution in [0.2, 0.25) is 5.02 Å². The third kappa shape index (κ3) is 4.67. The van der Waals surface area contributed by atoms with Crippen molar-refractivity contribution < 1.29 is 17.9 Å². The van der Waals surface area contributed by atoms with Crippen LogP contribution in [0.1, 0.15) is 11.3 Å². The number of benzene rings is 2. The minimum Gasteiger partial charge on any atom is -0.439 e. The largest absolute Gasteiger partial charge is 0.439 e. The molecule has 8 nitrogen and oxygen atoms in total. The molecular weight excluding hydrogens is 464 g/mol. The summed E-state index contributed by atoms with van der Waals surface area (Å²) in [4.78, 5) is 11.8. The first-order valence-corrected chi connectivity index (χ1v) is 12.5. The van der Waals surface area contributed by atoms with Crippen molar-refractivity contribution in [1.29, 1.82) is 0 Å². The maximum atomic E-state index is 13.3. The summed E-state index contributed by atoms with van der Waals surface area (Å²) < 4.78 is 39.6. The quantitative estimate of drug-likeness (QED) is 0.545. The van der Waals surface area contributed by atoms with Crippen LogP contribution in [-0.4, -0.2) is 55.5 Å². The third-order valence-corrected chi connectivity index (χ3v) is 7.79. The lowest BCUT2D eigenvalue weighted by molar-refractivity contribution is 0.122. The predicted octanol–water partition coefficient (Wildman–Crippen LogP) is 3.51. The summed E-state index contributed by atoms with van der Waals surface area (Å²) in [5.41, 5.74) is 1.49. The van der Waals surface area contributed by atoms with Crippen LogP contribution in [-0.2, 0) is 27.7 Å². The van der Waals surface area contributed by atoms with E-state index in [-0.39, 0.29) is 11.4 Å². The Morgan fingerprint density at radius 3 is 2.39 bits per heavy atom. The number of fused-ring (bicyclic) bond motifs is 1. The van der Waals surface area contributed by atoms with E-state index >= 15 is 0 Å². The van der Waals surface area contributed by atoms with Gasteiger partial charge in [0.2, 0.25) is 21.9 Å². The third-order valence-electron chi connectivity index (χ3n) is 5.68. The fourth-order valence-electron chi connectivity index (χ4n) is 3.90. The molecule has 3 heterocycles. The lowest BCUT2D eigenvalue weighted by atomic mass is 10.1. The summed E-state index contributed by atoms with van der Waals surface area (Å²) in [6.07, 6.45) is 0.465. The molecule has 172 valence electrons. The molecule has 5 rings (SSSR count). The van der Waals surface area contributed by atoms with Crippen LogP contribution in [0.15, 0.2) is 59.5 Å². The summed E-state index contributed by atoms with van der Waals surface area (Å²) in [7, 11) is -3.71. The molecule has 2 aliphatic heterocycles. The van der Waals surface area contributed by atoms with Gasteiger partial charge in [-0.25, -0.2) is 13.4 Å². The molecule has 33 heavy (non-hydrogen) atoms. The molecule has 0 N–H and O–H groups in total. The van der Waals surface area contributed by atoms with Gasteiger partial charge in [-0.3, -0.25) is 0 Å². The van der Waals surface area contributed by atoms with Gasteiger partial charge in [-0.05, 0) is 36.4 Å². The highest BCUT2D eigenvalue weighted by Gasteiger charge is 2.32. The lowest BCUT2D eigenvalue weighted by Gasteiger charge is -2.31. The smallest absolute Gasteiger partial charge is 0.243 e. The van der Waals surface area contributed by atoms with Crippen LogP contribution < -0.4 is 9.64 Å². The summed E-state index contributed by atoms with van der Waals surface area (Å²) >= 11 is 5.94. The molecule has 10 heteroatoms. The average Bonchev–Trinajstić information content (AvgIpc) is 2.85. The Kier molecular flexibility index (Phi) is 6.20. The first-order valence-electron chi connectivity index (χ1n) is 10.7. The molecule has 0 unspecified atom stereocenters. The topological polar surface area (TPSA) is 84.9 Å². The fourth-order valence-corrected chi connectivity index (χ4v) is 5.43. The SMILES string of the molecule is O=S(=O)(c1ccc(Cl)cc1)N1CCc2nc(N3CCOCC3)nc(Oc3ccccc3)c2C1. The Morgan fingerprint density at radius 1 is 0.939 bits per heavy atom. The molecule has 0 aliphatic carbocycles. The molecule has 1 aromatic heterocycles. The minimum atomic E-state index is -3.71. The van der Waals surface area contributed by atoms with Crippen molar-refractivity contribution in [2.45, 2.75) is 17.9 Å². The second-order valence-corrected chi connectivity index (χ2v) is 10.2. The maximum Gasteiger partial charge on any atom is 0.243 e. The first kappa shape index (κ1) is 22.1. The zero-order valence-corrected chi connectivity index (χ0v) is 19.4. The van der Waals surface area contributed by atoms with E-state index < -0.39 is 10.0 Å². The lowest BCUT2D eigenvalue weighted by Crippen LogP contribution is -2.39. The maximum absolute atomic E-state index is 13.3. The van der Waals surface area contributed by atoms with Crippen LogP contribution in [0.5, 0.6) is 11.6 Å². The molecule has 0 amide bonds. The van der Waals surface area contributed by atoms with Gasteiger partial charge in [0.25, 0.3) is 0 Å². The summed E-state index contributed by atoms with van der Waals surface area (Å²) in [6.45, 7) is 3.07.